The van der Waals surface area contributed by atoms with E-state index in [2.05, 4.69) is 34.0 Å². The first-order valence-electron chi connectivity index (χ1n) is 7.78. The number of rotatable bonds is 5. The fraction of sp³-hybridized carbons (Fsp3) is 0.176. The van der Waals surface area contributed by atoms with Gasteiger partial charge in [0.25, 0.3) is 5.56 Å². The van der Waals surface area contributed by atoms with E-state index in [1.165, 1.54) is 6.20 Å². The lowest BCUT2D eigenvalue weighted by atomic mass is 10.1. The van der Waals surface area contributed by atoms with Gasteiger partial charge in [-0.1, -0.05) is 8.86 Å². The smallest absolute Gasteiger partial charge is 0.325 e. The van der Waals surface area contributed by atoms with E-state index >= 15 is 0 Å². The zero-order valence-electron chi connectivity index (χ0n) is 14.1. The molecule has 0 aliphatic rings. The van der Waals surface area contributed by atoms with Crippen molar-refractivity contribution in [1.29, 1.82) is 0 Å². The fourth-order valence-electron chi connectivity index (χ4n) is 2.36. The lowest BCUT2D eigenvalue weighted by Crippen LogP contribution is -2.23. The molecule has 3 aromatic heterocycles. The molecule has 2 N–H and O–H groups in total. The van der Waals surface area contributed by atoms with Gasteiger partial charge in [-0.2, -0.15) is 5.10 Å². The molecule has 0 radical (unpaired) electrons. The van der Waals surface area contributed by atoms with Gasteiger partial charge in [0.1, 0.15) is 11.2 Å². The van der Waals surface area contributed by atoms with Crippen LogP contribution < -0.4 is 11.2 Å². The minimum Gasteiger partial charge on any atom is -0.334 e. The molecular weight excluding hydrogens is 353 g/mol. The SMILES string of the molecule is Cc1nnc(-c2c[nH]c(=O)[nH]c2=O)cc1C(=P)OC(C)c1ccncc1. The summed E-state index contributed by atoms with van der Waals surface area (Å²) in [5, 5.41) is 8.11. The predicted octanol–water partition coefficient (Wildman–Crippen LogP) is 1.62. The van der Waals surface area contributed by atoms with Crippen molar-refractivity contribution in [3.8, 4) is 11.3 Å². The van der Waals surface area contributed by atoms with Gasteiger partial charge in [0, 0.05) is 24.2 Å². The van der Waals surface area contributed by atoms with E-state index in [-0.39, 0.29) is 11.7 Å². The third kappa shape index (κ3) is 3.82. The number of hydrogen-bond acceptors (Lipinski definition) is 6. The van der Waals surface area contributed by atoms with Gasteiger partial charge in [0.05, 0.1) is 17.4 Å². The lowest BCUT2D eigenvalue weighted by molar-refractivity contribution is 0.220. The molecule has 0 amide bonds. The van der Waals surface area contributed by atoms with Crippen molar-refractivity contribution < 1.29 is 4.74 Å². The van der Waals surface area contributed by atoms with Crippen LogP contribution in [0.5, 0.6) is 0 Å². The van der Waals surface area contributed by atoms with E-state index in [0.29, 0.717) is 22.4 Å². The highest BCUT2D eigenvalue weighted by Gasteiger charge is 2.15. The molecule has 0 spiro atoms. The number of nitrogens with one attached hydrogen (secondary N) is 2. The third-order valence-corrected chi connectivity index (χ3v) is 4.18. The number of aryl methyl sites for hydroxylation is 1. The van der Waals surface area contributed by atoms with Crippen LogP contribution in [0, 0.1) is 6.92 Å². The topological polar surface area (TPSA) is 114 Å². The molecular formula is C17H16N5O3P. The highest BCUT2D eigenvalue weighted by molar-refractivity contribution is 7.21. The lowest BCUT2D eigenvalue weighted by Gasteiger charge is -2.16. The van der Waals surface area contributed by atoms with Crippen LogP contribution in [-0.2, 0) is 4.74 Å². The van der Waals surface area contributed by atoms with E-state index in [1.807, 2.05) is 19.1 Å². The number of H-pyrrole nitrogens is 2. The van der Waals surface area contributed by atoms with Crippen LogP contribution in [0.25, 0.3) is 11.3 Å². The molecule has 1 unspecified atom stereocenters. The Bertz CT molecular complexity index is 1060. The summed E-state index contributed by atoms with van der Waals surface area (Å²) < 4.78 is 5.93. The minimum atomic E-state index is -0.582. The van der Waals surface area contributed by atoms with Gasteiger partial charge in [0.15, 0.2) is 0 Å². The van der Waals surface area contributed by atoms with Crippen LogP contribution in [0.1, 0.15) is 29.8 Å². The zero-order valence-corrected chi connectivity index (χ0v) is 15.1. The fourth-order valence-corrected chi connectivity index (χ4v) is 2.79. The Morgan fingerprint density at radius 2 is 1.96 bits per heavy atom. The van der Waals surface area contributed by atoms with Crippen molar-refractivity contribution in [2.75, 3.05) is 0 Å². The van der Waals surface area contributed by atoms with Crippen LogP contribution >= 0.6 is 8.86 Å². The Labute approximate surface area is 150 Å². The summed E-state index contributed by atoms with van der Waals surface area (Å²) in [5.74, 6) is 0. The van der Waals surface area contributed by atoms with Crippen molar-refractivity contribution in [3.05, 3.63) is 74.4 Å². The van der Waals surface area contributed by atoms with E-state index in [4.69, 9.17) is 4.74 Å². The molecule has 26 heavy (non-hydrogen) atoms. The molecule has 1 atom stereocenters. The minimum absolute atomic E-state index is 0.208. The van der Waals surface area contributed by atoms with Gasteiger partial charge >= 0.3 is 5.69 Å². The summed E-state index contributed by atoms with van der Waals surface area (Å²) in [6.45, 7) is 3.69. The second-order valence-corrected chi connectivity index (χ2v) is 6.04. The molecule has 3 heterocycles. The van der Waals surface area contributed by atoms with Crippen LogP contribution in [0.4, 0.5) is 0 Å². The van der Waals surface area contributed by atoms with E-state index in [9.17, 15) is 9.59 Å². The Kier molecular flexibility index (Phi) is 5.16. The Hall–Kier alpha value is -2.96. The normalized spacial score (nSPS) is 11.9. The molecule has 0 fully saturated rings. The molecule has 0 aromatic carbocycles. The number of pyridine rings is 1. The predicted molar refractivity (Wildman–Crippen MR) is 99.6 cm³/mol. The molecule has 0 saturated carbocycles. The first-order chi connectivity index (χ1) is 12.5. The first-order valence-corrected chi connectivity index (χ1v) is 8.28. The molecule has 3 aromatic rings. The molecule has 8 nitrogen and oxygen atoms in total. The number of aromatic nitrogens is 5. The zero-order chi connectivity index (χ0) is 18.7. The molecule has 0 aliphatic carbocycles. The first kappa shape index (κ1) is 17.8. The number of ether oxygens (including phenoxy) is 1. The maximum atomic E-state index is 12.0. The van der Waals surface area contributed by atoms with E-state index in [1.54, 1.807) is 25.4 Å². The maximum absolute atomic E-state index is 12.0. The van der Waals surface area contributed by atoms with Crippen molar-refractivity contribution in [3.63, 3.8) is 0 Å². The number of nitrogens with zero attached hydrogens (tertiary/aromatic N) is 3. The second-order valence-electron chi connectivity index (χ2n) is 5.58. The monoisotopic (exact) mass is 369 g/mol. The van der Waals surface area contributed by atoms with Gasteiger partial charge in [-0.25, -0.2) is 4.79 Å². The highest BCUT2D eigenvalue weighted by atomic mass is 31.0. The van der Waals surface area contributed by atoms with Crippen molar-refractivity contribution in [2.45, 2.75) is 20.0 Å². The van der Waals surface area contributed by atoms with Gasteiger partial charge in [-0.15, -0.1) is 5.10 Å². The summed E-state index contributed by atoms with van der Waals surface area (Å²) in [4.78, 5) is 31.7. The summed E-state index contributed by atoms with van der Waals surface area (Å²) in [6, 6.07) is 5.41. The average Bonchev–Trinajstić information content (AvgIpc) is 2.63. The molecule has 0 aliphatic heterocycles. The van der Waals surface area contributed by atoms with Crippen molar-refractivity contribution >= 4 is 14.3 Å². The molecule has 0 bridgehead atoms. The van der Waals surface area contributed by atoms with Gasteiger partial charge in [0.2, 0.25) is 0 Å². The molecule has 3 rings (SSSR count). The average molecular weight is 369 g/mol. The second kappa shape index (κ2) is 7.51. The van der Waals surface area contributed by atoms with Crippen LogP contribution in [0.2, 0.25) is 0 Å². The van der Waals surface area contributed by atoms with Crippen LogP contribution in [0.3, 0.4) is 0 Å². The number of aromatic amines is 2. The van der Waals surface area contributed by atoms with Gasteiger partial charge in [-0.3, -0.25) is 14.8 Å². The summed E-state index contributed by atoms with van der Waals surface area (Å²) in [6.07, 6.45) is 4.47. The highest BCUT2D eigenvalue weighted by Crippen LogP contribution is 2.21. The Balaban J connectivity index is 1.91. The quantitative estimate of drug-likeness (QED) is 0.661. The standard InChI is InChI=1S/C17H16N5O3P/c1-9-12(16(26)25-10(2)11-3-5-18-6-4-11)7-14(22-21-9)13-8-19-17(24)20-15(13)23/h3-8,10,26H,1-2H3,(H2,19,20,23,24). The van der Waals surface area contributed by atoms with Crippen molar-refractivity contribution in [2.24, 2.45) is 0 Å². The van der Waals surface area contributed by atoms with Crippen molar-refractivity contribution in [1.82, 2.24) is 25.1 Å². The Morgan fingerprint density at radius 1 is 1.23 bits per heavy atom. The maximum Gasteiger partial charge on any atom is 0.325 e. The van der Waals surface area contributed by atoms with Gasteiger partial charge < -0.3 is 9.72 Å². The summed E-state index contributed by atoms with van der Waals surface area (Å²) in [7, 11) is 3.50. The van der Waals surface area contributed by atoms with Crippen LogP contribution in [-0.4, -0.2) is 30.6 Å². The molecule has 0 saturated heterocycles. The third-order valence-electron chi connectivity index (χ3n) is 3.79. The van der Waals surface area contributed by atoms with E-state index in [0.717, 1.165) is 5.56 Å². The summed E-state index contributed by atoms with van der Waals surface area (Å²) >= 11 is 0. The van der Waals surface area contributed by atoms with Gasteiger partial charge in [-0.05, 0) is 37.6 Å². The number of hydrogen-bond donors (Lipinski definition) is 2. The Morgan fingerprint density at radius 3 is 2.65 bits per heavy atom. The largest absolute Gasteiger partial charge is 0.334 e. The molecule has 9 heteroatoms. The molecule has 132 valence electrons. The summed E-state index contributed by atoms with van der Waals surface area (Å²) in [5.41, 5.74) is 2.11. The van der Waals surface area contributed by atoms with Crippen LogP contribution in [0.15, 0.2) is 46.4 Å². The van der Waals surface area contributed by atoms with E-state index < -0.39 is 11.2 Å².